The zero-order valence-electron chi connectivity index (χ0n) is 49.7. The lowest BCUT2D eigenvalue weighted by Crippen LogP contribution is -2.55. The van der Waals surface area contributed by atoms with Gasteiger partial charge in [-0.3, -0.25) is 24.0 Å². The fourth-order valence-corrected chi connectivity index (χ4v) is 11.6. The molecule has 6 amide bonds. The molecule has 5 aromatic carbocycles. The van der Waals surface area contributed by atoms with E-state index in [4.69, 9.17) is 30.4 Å². The molecule has 87 heavy (non-hydrogen) atoms. The zero-order valence-corrected chi connectivity index (χ0v) is 50.5. The molecule has 0 aromatic heterocycles. The number of methoxy groups -OCH3 is 1. The number of amides is 6. The fourth-order valence-electron chi connectivity index (χ4n) is 10.7. The van der Waals surface area contributed by atoms with E-state index in [1.54, 1.807) is 31.4 Å². The van der Waals surface area contributed by atoms with Crippen molar-refractivity contribution in [3.05, 3.63) is 161 Å². The number of carbonyl (C=O) groups excluding carboxylic acids is 7. The second-order valence-corrected chi connectivity index (χ2v) is 22.5. The standard InChI is InChI=1S/C66H83N9O11S/c1-43(72-58(27-13-16-35-68)63(79)74-60(41-87-42-71-44(2)76)62(78)69-37-33-61(77)84-38-45-29-31-46(83-3)32-30-45)57(26-12-15-34-67)73-64(80)59(75-66(82)86-40-56-53-24-10-6-20-49(53)50-21-7-11-25-54(50)56)28-14-17-36-70-65(81)85-39-55-51-22-8-4-18-47(51)48-19-5-9-23-52(48)55/h4-11,18-25,29-32,55-60,72H,1,12-17,26-28,33-42,67-68H2,2-3H3,(H,69,78)(H,70,81)(H,71,76)(H,73,80)(H,74,79)(H,75,82)/t57-,58+,59-,60+/m1/s1. The maximum atomic E-state index is 14.7. The number of carbonyl (C=O) groups is 7. The number of fused-ring (bicyclic) bond motifs is 6. The van der Waals surface area contributed by atoms with E-state index in [9.17, 15) is 33.6 Å². The van der Waals surface area contributed by atoms with Crippen molar-refractivity contribution in [1.29, 1.82) is 0 Å². The number of hydrogen-bond donors (Lipinski definition) is 9. The molecule has 21 heteroatoms. The van der Waals surface area contributed by atoms with Crippen LogP contribution in [0.25, 0.3) is 22.3 Å². The Morgan fingerprint density at radius 2 is 1.00 bits per heavy atom. The third kappa shape index (κ3) is 19.8. The van der Waals surface area contributed by atoms with Gasteiger partial charge in [-0.1, -0.05) is 116 Å². The van der Waals surface area contributed by atoms with Crippen molar-refractivity contribution in [3.63, 3.8) is 0 Å². The highest BCUT2D eigenvalue weighted by molar-refractivity contribution is 7.99. The second kappa shape index (κ2) is 34.7. The first-order valence-electron chi connectivity index (χ1n) is 29.8. The van der Waals surface area contributed by atoms with Gasteiger partial charge >= 0.3 is 18.2 Å². The van der Waals surface area contributed by atoms with Gasteiger partial charge in [0.15, 0.2) is 0 Å². The molecule has 0 spiro atoms. The lowest BCUT2D eigenvalue weighted by molar-refractivity contribution is -0.145. The van der Waals surface area contributed by atoms with Crippen LogP contribution in [0.3, 0.4) is 0 Å². The minimum atomic E-state index is -1.10. The molecule has 2 aliphatic carbocycles. The van der Waals surface area contributed by atoms with E-state index in [0.29, 0.717) is 69.5 Å². The summed E-state index contributed by atoms with van der Waals surface area (Å²) in [5.74, 6) is -1.87. The Labute approximate surface area is 513 Å². The average molecular weight is 1210 g/mol. The van der Waals surface area contributed by atoms with Gasteiger partial charge in [0.05, 0.1) is 25.4 Å². The lowest BCUT2D eigenvalue weighted by atomic mass is 9.98. The second-order valence-electron chi connectivity index (χ2n) is 21.5. The summed E-state index contributed by atoms with van der Waals surface area (Å²) >= 11 is 1.22. The Morgan fingerprint density at radius 3 is 1.52 bits per heavy atom. The lowest BCUT2D eigenvalue weighted by Gasteiger charge is -2.29. The number of thioether (sulfide) groups is 1. The van der Waals surface area contributed by atoms with Crippen LogP contribution in [0.5, 0.6) is 5.75 Å². The first kappa shape index (κ1) is 66.1. The number of nitrogens with two attached hydrogens (primary N) is 2. The first-order valence-corrected chi connectivity index (χ1v) is 31.0. The molecule has 0 heterocycles. The van der Waals surface area contributed by atoms with Gasteiger partial charge in [0.25, 0.3) is 0 Å². The predicted molar refractivity (Wildman–Crippen MR) is 336 cm³/mol. The van der Waals surface area contributed by atoms with Crippen LogP contribution in [0.4, 0.5) is 9.59 Å². The number of nitrogens with one attached hydrogen (secondary N) is 7. The van der Waals surface area contributed by atoms with Crippen LogP contribution in [0.15, 0.2) is 134 Å². The van der Waals surface area contributed by atoms with E-state index in [0.717, 1.165) is 50.1 Å². The summed E-state index contributed by atoms with van der Waals surface area (Å²) in [6.07, 6.45) is 2.44. The number of unbranched alkanes of at least 4 members (excludes halogenated alkanes) is 3. The molecule has 4 atom stereocenters. The summed E-state index contributed by atoms with van der Waals surface area (Å²) in [4.78, 5) is 94.2. The normalized spacial score (nSPS) is 13.4. The molecule has 20 nitrogen and oxygen atoms in total. The average Bonchev–Trinajstić information content (AvgIpc) is 1.72. The Morgan fingerprint density at radius 1 is 0.517 bits per heavy atom. The van der Waals surface area contributed by atoms with Crippen LogP contribution < -0.4 is 53.4 Å². The minimum absolute atomic E-state index is 0.0193. The van der Waals surface area contributed by atoms with E-state index in [-0.39, 0.29) is 81.5 Å². The molecule has 0 aliphatic heterocycles. The molecular formula is C66H83N9O11S. The van der Waals surface area contributed by atoms with Crippen LogP contribution in [0.2, 0.25) is 0 Å². The Balaban J connectivity index is 0.996. The third-order valence-corrected chi connectivity index (χ3v) is 16.2. The van der Waals surface area contributed by atoms with Crippen molar-refractivity contribution in [2.24, 2.45) is 11.5 Å². The van der Waals surface area contributed by atoms with Crippen molar-refractivity contribution in [1.82, 2.24) is 37.2 Å². The molecular weight excluding hydrogens is 1130 g/mol. The van der Waals surface area contributed by atoms with Crippen molar-refractivity contribution >= 4 is 53.5 Å². The Kier molecular flexibility index (Phi) is 26.4. The van der Waals surface area contributed by atoms with Crippen LogP contribution in [0.1, 0.15) is 111 Å². The van der Waals surface area contributed by atoms with Gasteiger partial charge in [-0.2, -0.15) is 0 Å². The van der Waals surface area contributed by atoms with Crippen molar-refractivity contribution < 1.29 is 52.5 Å². The smallest absolute Gasteiger partial charge is 0.407 e. The number of alkyl carbamates (subject to hydrolysis) is 2. The van der Waals surface area contributed by atoms with Gasteiger partial charge in [-0.15, -0.1) is 11.8 Å². The Bertz CT molecular complexity index is 3040. The van der Waals surface area contributed by atoms with Crippen molar-refractivity contribution in [2.45, 2.75) is 114 Å². The summed E-state index contributed by atoms with van der Waals surface area (Å²) in [6, 6.07) is 35.3. The molecule has 464 valence electrons. The maximum absolute atomic E-state index is 14.7. The summed E-state index contributed by atoms with van der Waals surface area (Å²) in [6.45, 7) is 6.82. The quantitative estimate of drug-likeness (QED) is 0.00818. The highest BCUT2D eigenvalue weighted by Crippen LogP contribution is 2.45. The summed E-state index contributed by atoms with van der Waals surface area (Å²) in [5.41, 5.74) is 21.5. The highest BCUT2D eigenvalue weighted by atomic mass is 32.2. The third-order valence-electron chi connectivity index (χ3n) is 15.3. The summed E-state index contributed by atoms with van der Waals surface area (Å²) in [5, 5.41) is 20.3. The van der Waals surface area contributed by atoms with Crippen molar-refractivity contribution in [2.75, 3.05) is 58.1 Å². The molecule has 11 N–H and O–H groups in total. The zero-order chi connectivity index (χ0) is 61.9. The molecule has 0 saturated heterocycles. The molecule has 2 aliphatic rings. The topological polar surface area (TPSA) is 293 Å². The highest BCUT2D eigenvalue weighted by Gasteiger charge is 2.33. The summed E-state index contributed by atoms with van der Waals surface area (Å²) in [7, 11) is 1.56. The van der Waals surface area contributed by atoms with Gasteiger partial charge < -0.3 is 67.6 Å². The van der Waals surface area contributed by atoms with Crippen molar-refractivity contribution in [3.8, 4) is 28.0 Å². The van der Waals surface area contributed by atoms with E-state index >= 15 is 0 Å². The summed E-state index contributed by atoms with van der Waals surface area (Å²) < 4.78 is 22.3. The molecule has 0 saturated carbocycles. The number of ether oxygens (including phenoxy) is 4. The molecule has 0 fully saturated rings. The van der Waals surface area contributed by atoms with Gasteiger partial charge in [0.2, 0.25) is 23.6 Å². The van der Waals surface area contributed by atoms with Gasteiger partial charge in [-0.25, -0.2) is 9.59 Å². The monoisotopic (exact) mass is 1210 g/mol. The molecule has 0 unspecified atom stereocenters. The van der Waals surface area contributed by atoms with Crippen LogP contribution >= 0.6 is 11.8 Å². The minimum Gasteiger partial charge on any atom is -0.497 e. The van der Waals surface area contributed by atoms with E-state index in [2.05, 4.69) is 68.1 Å². The number of esters is 1. The SMILES string of the molecule is C=C(N[C@@H](CCCCN)C(=O)N[C@@H](CSCNC(C)=O)C(=O)NCCC(=O)OCc1ccc(OC)cc1)[C@@H](CCCCN)NC(=O)[C@@H](CCCCNC(=O)OCC1c2ccccc2-c2ccccc21)NC(=O)OCC1c2ccccc2-c2ccccc21. The van der Waals surface area contributed by atoms with E-state index in [1.165, 1.54) is 18.7 Å². The number of rotatable bonds is 36. The molecule has 5 aromatic rings. The molecule has 7 rings (SSSR count). The fraction of sp³-hybridized carbons (Fsp3) is 0.409. The number of benzene rings is 5. The van der Waals surface area contributed by atoms with Gasteiger partial charge in [-0.05, 0) is 133 Å². The van der Waals surface area contributed by atoms with Gasteiger partial charge in [0, 0.05) is 43.3 Å². The van der Waals surface area contributed by atoms with Crippen LogP contribution in [-0.2, 0) is 44.8 Å². The Hall–Kier alpha value is -8.40. The number of hydrogen-bond acceptors (Lipinski definition) is 15. The van der Waals surface area contributed by atoms with Crippen LogP contribution in [-0.4, -0.2) is 124 Å². The van der Waals surface area contributed by atoms with Gasteiger partial charge in [0.1, 0.15) is 43.7 Å². The van der Waals surface area contributed by atoms with Crippen LogP contribution in [0, 0.1) is 0 Å². The maximum Gasteiger partial charge on any atom is 0.407 e. The van der Waals surface area contributed by atoms with E-state index < -0.39 is 60.0 Å². The molecule has 0 radical (unpaired) electrons. The molecule has 0 bridgehead atoms. The predicted octanol–water partition coefficient (Wildman–Crippen LogP) is 7.39. The first-order chi connectivity index (χ1) is 42.3. The van der Waals surface area contributed by atoms with E-state index in [1.807, 2.05) is 72.8 Å². The largest absolute Gasteiger partial charge is 0.497 e.